The van der Waals surface area contributed by atoms with Gasteiger partial charge in [0.1, 0.15) is 11.4 Å². The van der Waals surface area contributed by atoms with Gasteiger partial charge in [-0.3, -0.25) is 4.98 Å². The van der Waals surface area contributed by atoms with E-state index in [0.29, 0.717) is 16.6 Å². The van der Waals surface area contributed by atoms with E-state index in [1.54, 1.807) is 24.4 Å². The molecule has 17 heavy (non-hydrogen) atoms. The van der Waals surface area contributed by atoms with Gasteiger partial charge in [0.05, 0.1) is 10.9 Å². The lowest BCUT2D eigenvalue weighted by Crippen LogP contribution is -1.85. The highest BCUT2D eigenvalue weighted by atomic mass is 35.5. The number of aromatic hydroxyl groups is 1. The second-order valence-electron chi connectivity index (χ2n) is 3.32. The Morgan fingerprint density at radius 1 is 1.18 bits per heavy atom. The standard InChI is InChI=1S/C11H7N3O2.ClH/c15-10-3-1-2-8-11(10)7(4-5-12-8)9-6-16-14-13-9;/h1-6,15H;1H. The Balaban J connectivity index is 0.00000108. The second kappa shape index (κ2) is 4.39. The summed E-state index contributed by atoms with van der Waals surface area (Å²) in [6.07, 6.45) is 3.09. The van der Waals surface area contributed by atoms with Crippen molar-refractivity contribution in [3.05, 3.63) is 36.7 Å². The van der Waals surface area contributed by atoms with Crippen molar-refractivity contribution in [1.29, 1.82) is 0 Å². The van der Waals surface area contributed by atoms with Crippen molar-refractivity contribution in [2.45, 2.75) is 0 Å². The van der Waals surface area contributed by atoms with Gasteiger partial charge in [-0.2, -0.15) is 0 Å². The van der Waals surface area contributed by atoms with E-state index in [-0.39, 0.29) is 18.2 Å². The van der Waals surface area contributed by atoms with Crippen molar-refractivity contribution in [2.24, 2.45) is 0 Å². The number of phenolic OH excluding ortho intramolecular Hbond substituents is 1. The van der Waals surface area contributed by atoms with Crippen molar-refractivity contribution < 1.29 is 9.63 Å². The van der Waals surface area contributed by atoms with Crippen molar-refractivity contribution in [3.63, 3.8) is 0 Å². The van der Waals surface area contributed by atoms with Gasteiger partial charge in [-0.25, -0.2) is 0 Å². The molecule has 1 aromatic carbocycles. The third-order valence-electron chi connectivity index (χ3n) is 2.38. The van der Waals surface area contributed by atoms with Gasteiger partial charge in [-0.1, -0.05) is 6.07 Å². The number of aromatic nitrogens is 3. The highest BCUT2D eigenvalue weighted by Crippen LogP contribution is 2.32. The molecule has 0 aliphatic carbocycles. The minimum Gasteiger partial charge on any atom is -0.507 e. The number of pyridine rings is 1. The summed E-state index contributed by atoms with van der Waals surface area (Å²) in [5.74, 6) is 0.170. The summed E-state index contributed by atoms with van der Waals surface area (Å²) in [5.41, 5.74) is 2.04. The van der Waals surface area contributed by atoms with E-state index in [9.17, 15) is 5.11 Å². The van der Waals surface area contributed by atoms with E-state index in [2.05, 4.69) is 15.4 Å². The van der Waals surface area contributed by atoms with Crippen molar-refractivity contribution >= 4 is 23.3 Å². The SMILES string of the molecule is Cl.Oc1cccc2nccc(-c3conn3)c12. The van der Waals surface area contributed by atoms with Crippen LogP contribution in [0.1, 0.15) is 0 Å². The Morgan fingerprint density at radius 2 is 2.06 bits per heavy atom. The van der Waals surface area contributed by atoms with Gasteiger partial charge in [0.15, 0.2) is 6.26 Å². The molecular formula is C11H8ClN3O2. The maximum atomic E-state index is 9.83. The molecule has 0 spiro atoms. The Labute approximate surface area is 102 Å². The molecule has 0 radical (unpaired) electrons. The molecule has 5 nitrogen and oxygen atoms in total. The topological polar surface area (TPSA) is 72.0 Å². The smallest absolute Gasteiger partial charge is 0.152 e. The van der Waals surface area contributed by atoms with Crippen molar-refractivity contribution in [2.75, 3.05) is 0 Å². The first-order valence-electron chi connectivity index (χ1n) is 4.70. The molecule has 86 valence electrons. The Bertz CT molecular complexity index is 635. The van der Waals surface area contributed by atoms with Crippen LogP contribution in [-0.2, 0) is 0 Å². The minimum absolute atomic E-state index is 0. The summed E-state index contributed by atoms with van der Waals surface area (Å²) in [7, 11) is 0. The molecular weight excluding hydrogens is 242 g/mol. The number of hydrogen-bond donors (Lipinski definition) is 1. The van der Waals surface area contributed by atoms with Crippen LogP contribution in [-0.4, -0.2) is 20.5 Å². The quantitative estimate of drug-likeness (QED) is 0.717. The van der Waals surface area contributed by atoms with Gasteiger partial charge >= 0.3 is 0 Å². The number of hydrogen-bond acceptors (Lipinski definition) is 5. The molecule has 0 saturated heterocycles. The molecule has 0 aliphatic rings. The van der Waals surface area contributed by atoms with Crippen LogP contribution in [0.4, 0.5) is 0 Å². The van der Waals surface area contributed by atoms with E-state index in [1.807, 2.05) is 6.07 Å². The number of benzene rings is 1. The first kappa shape index (κ1) is 11.3. The molecule has 0 fully saturated rings. The summed E-state index contributed by atoms with van der Waals surface area (Å²) in [4.78, 5) is 4.17. The summed E-state index contributed by atoms with van der Waals surface area (Å²) >= 11 is 0. The summed E-state index contributed by atoms with van der Waals surface area (Å²) < 4.78 is 4.69. The molecule has 0 saturated carbocycles. The average molecular weight is 250 g/mol. The maximum absolute atomic E-state index is 9.83. The van der Waals surface area contributed by atoms with Crippen LogP contribution in [0.3, 0.4) is 0 Å². The zero-order valence-electron chi connectivity index (χ0n) is 8.57. The van der Waals surface area contributed by atoms with E-state index < -0.39 is 0 Å². The van der Waals surface area contributed by atoms with Crippen LogP contribution >= 0.6 is 12.4 Å². The van der Waals surface area contributed by atoms with Crippen LogP contribution in [0.15, 0.2) is 41.2 Å². The Hall–Kier alpha value is -2.14. The van der Waals surface area contributed by atoms with E-state index in [4.69, 9.17) is 4.52 Å². The van der Waals surface area contributed by atoms with Crippen LogP contribution in [0.5, 0.6) is 5.75 Å². The largest absolute Gasteiger partial charge is 0.507 e. The highest BCUT2D eigenvalue weighted by molar-refractivity contribution is 5.97. The predicted octanol–water partition coefficient (Wildman–Crippen LogP) is 2.41. The van der Waals surface area contributed by atoms with Crippen LogP contribution in [0.2, 0.25) is 0 Å². The zero-order valence-corrected chi connectivity index (χ0v) is 9.39. The monoisotopic (exact) mass is 249 g/mol. The predicted molar refractivity (Wildman–Crippen MR) is 63.9 cm³/mol. The Morgan fingerprint density at radius 3 is 2.82 bits per heavy atom. The lowest BCUT2D eigenvalue weighted by atomic mass is 10.1. The molecule has 0 unspecified atom stereocenters. The number of phenols is 1. The van der Waals surface area contributed by atoms with Gasteiger partial charge < -0.3 is 9.63 Å². The molecule has 6 heteroatoms. The first-order valence-corrected chi connectivity index (χ1v) is 4.70. The van der Waals surface area contributed by atoms with Gasteiger partial charge in [-0.05, 0) is 18.2 Å². The zero-order chi connectivity index (χ0) is 11.0. The lowest BCUT2D eigenvalue weighted by Gasteiger charge is -2.03. The third-order valence-corrected chi connectivity index (χ3v) is 2.38. The lowest BCUT2D eigenvalue weighted by molar-refractivity contribution is 0.393. The summed E-state index contributed by atoms with van der Waals surface area (Å²) in [5, 5.41) is 17.7. The fourth-order valence-electron chi connectivity index (χ4n) is 1.68. The molecule has 1 N–H and O–H groups in total. The number of fused-ring (bicyclic) bond motifs is 1. The van der Waals surface area contributed by atoms with Gasteiger partial charge in [-0.15, -0.1) is 17.5 Å². The van der Waals surface area contributed by atoms with E-state index in [1.165, 1.54) is 6.26 Å². The van der Waals surface area contributed by atoms with Crippen LogP contribution in [0, 0.1) is 0 Å². The summed E-state index contributed by atoms with van der Waals surface area (Å²) in [6, 6.07) is 6.95. The van der Waals surface area contributed by atoms with Gasteiger partial charge in [0, 0.05) is 17.0 Å². The van der Waals surface area contributed by atoms with E-state index >= 15 is 0 Å². The number of rotatable bonds is 1. The molecule has 0 aliphatic heterocycles. The summed E-state index contributed by atoms with van der Waals surface area (Å²) in [6.45, 7) is 0. The van der Waals surface area contributed by atoms with E-state index in [0.717, 1.165) is 5.56 Å². The van der Waals surface area contributed by atoms with Crippen molar-refractivity contribution in [3.8, 4) is 17.0 Å². The van der Waals surface area contributed by atoms with Crippen LogP contribution < -0.4 is 0 Å². The fraction of sp³-hybridized carbons (Fsp3) is 0. The fourth-order valence-corrected chi connectivity index (χ4v) is 1.68. The number of halogens is 1. The highest BCUT2D eigenvalue weighted by Gasteiger charge is 2.10. The average Bonchev–Trinajstić information content (AvgIpc) is 2.82. The van der Waals surface area contributed by atoms with Gasteiger partial charge in [0.2, 0.25) is 0 Å². The molecule has 2 aromatic heterocycles. The maximum Gasteiger partial charge on any atom is 0.152 e. The third kappa shape index (κ3) is 1.81. The Kier molecular flexibility index (Phi) is 2.93. The second-order valence-corrected chi connectivity index (χ2v) is 3.32. The first-order chi connectivity index (χ1) is 7.86. The molecule has 0 atom stereocenters. The molecule has 2 heterocycles. The molecule has 0 amide bonds. The van der Waals surface area contributed by atoms with Crippen molar-refractivity contribution in [1.82, 2.24) is 15.4 Å². The molecule has 3 aromatic rings. The number of nitrogens with zero attached hydrogens (tertiary/aromatic N) is 3. The van der Waals surface area contributed by atoms with Crippen LogP contribution in [0.25, 0.3) is 22.2 Å². The molecule has 0 bridgehead atoms. The minimum atomic E-state index is 0. The normalized spacial score (nSPS) is 10.1. The molecule has 3 rings (SSSR count). The van der Waals surface area contributed by atoms with Gasteiger partial charge in [0.25, 0.3) is 0 Å².